The Balaban J connectivity index is 3.62. The van der Waals surface area contributed by atoms with Crippen molar-refractivity contribution >= 4 is 31.5 Å². The van der Waals surface area contributed by atoms with E-state index in [0.29, 0.717) is 0 Å². The van der Waals surface area contributed by atoms with E-state index in [9.17, 15) is 16.8 Å². The Morgan fingerprint density at radius 3 is 2.35 bits per heavy atom. The summed E-state index contributed by atoms with van der Waals surface area (Å²) in [6.45, 7) is 0. The molecule has 1 aromatic rings. The normalized spacial score (nSPS) is 11.9. The number of hydrogen-bond acceptors (Lipinski definition) is 4. The molecule has 0 spiro atoms. The first kappa shape index (κ1) is 13.8. The van der Waals surface area contributed by atoms with Crippen molar-refractivity contribution < 1.29 is 16.8 Å². The van der Waals surface area contributed by atoms with E-state index in [1.807, 2.05) is 0 Å². The summed E-state index contributed by atoms with van der Waals surface area (Å²) >= 11 is 5.61. The zero-order chi connectivity index (χ0) is 13.3. The van der Waals surface area contributed by atoms with Crippen LogP contribution in [0.5, 0.6) is 0 Å². The topological polar surface area (TPSA) is 117 Å². The lowest BCUT2D eigenvalue weighted by molar-refractivity contribution is 0.597. The Kier molecular flexibility index (Phi) is 3.68. The van der Waals surface area contributed by atoms with Gasteiger partial charge in [0.1, 0.15) is 0 Å². The molecule has 0 aromatic heterocycles. The summed E-state index contributed by atoms with van der Waals surface area (Å²) in [6.07, 6.45) is 0.917. The molecule has 7 nitrogen and oxygen atoms in total. The highest BCUT2D eigenvalue weighted by Crippen LogP contribution is 2.26. The Morgan fingerprint density at radius 1 is 1.29 bits per heavy atom. The van der Waals surface area contributed by atoms with Gasteiger partial charge < -0.3 is 0 Å². The van der Waals surface area contributed by atoms with Gasteiger partial charge in [-0.15, -0.1) is 0 Å². The van der Waals surface area contributed by atoms with E-state index in [4.69, 9.17) is 17.1 Å². The second-order valence-electron chi connectivity index (χ2n) is 3.01. The standard InChI is InChI=1S/C7H6ClN3O4S2/c1-16(12,13)5-2-3-6(8)7(4-5)17(14,15)11-10-9/h2-4H,1H3. The SMILES string of the molecule is CS(=O)(=O)c1ccc(Cl)c(S(=O)(=O)N=[N+]=[N-])c1. The van der Waals surface area contributed by atoms with E-state index < -0.39 is 24.8 Å². The molecule has 17 heavy (non-hydrogen) atoms. The quantitative estimate of drug-likeness (QED) is 0.479. The summed E-state index contributed by atoms with van der Waals surface area (Å²) in [5, 5.41) is -0.218. The number of halogens is 1. The van der Waals surface area contributed by atoms with Gasteiger partial charge in [0.25, 0.3) is 10.0 Å². The minimum atomic E-state index is -4.31. The van der Waals surface area contributed by atoms with Crippen LogP contribution in [-0.2, 0) is 19.9 Å². The lowest BCUT2D eigenvalue weighted by atomic mass is 10.4. The van der Waals surface area contributed by atoms with Gasteiger partial charge in [0.2, 0.25) is 0 Å². The van der Waals surface area contributed by atoms with Crippen LogP contribution in [0.3, 0.4) is 0 Å². The highest BCUT2D eigenvalue weighted by Gasteiger charge is 2.19. The molecule has 0 amide bonds. The number of sulfone groups is 1. The fraction of sp³-hybridized carbons (Fsp3) is 0.143. The van der Waals surface area contributed by atoms with Crippen molar-refractivity contribution in [3.63, 3.8) is 0 Å². The lowest BCUT2D eigenvalue weighted by Crippen LogP contribution is -2.02. The molecule has 0 saturated heterocycles. The van der Waals surface area contributed by atoms with Gasteiger partial charge in [0.15, 0.2) is 9.84 Å². The van der Waals surface area contributed by atoms with E-state index in [0.717, 1.165) is 24.5 Å². The maximum atomic E-state index is 11.4. The van der Waals surface area contributed by atoms with Gasteiger partial charge in [-0.1, -0.05) is 11.6 Å². The van der Waals surface area contributed by atoms with Crippen LogP contribution in [0.25, 0.3) is 10.4 Å². The van der Waals surface area contributed by atoms with E-state index in [1.165, 1.54) is 0 Å². The van der Waals surface area contributed by atoms with Crippen molar-refractivity contribution in [2.24, 2.45) is 4.52 Å². The number of rotatable bonds is 3. The van der Waals surface area contributed by atoms with Gasteiger partial charge >= 0.3 is 0 Å². The molecule has 0 bridgehead atoms. The van der Waals surface area contributed by atoms with Crippen molar-refractivity contribution in [2.75, 3.05) is 6.26 Å². The van der Waals surface area contributed by atoms with Crippen LogP contribution in [0.4, 0.5) is 0 Å². The smallest absolute Gasteiger partial charge is 0.224 e. The Morgan fingerprint density at radius 2 is 1.88 bits per heavy atom. The van der Waals surface area contributed by atoms with Gasteiger partial charge in [0.05, 0.1) is 14.8 Å². The summed E-state index contributed by atoms with van der Waals surface area (Å²) in [5.74, 6) is 0. The average Bonchev–Trinajstić information content (AvgIpc) is 2.15. The second-order valence-corrected chi connectivity index (χ2v) is 6.99. The summed E-state index contributed by atoms with van der Waals surface area (Å²) in [4.78, 5) is 1.38. The molecule has 0 atom stereocenters. The van der Waals surface area contributed by atoms with Crippen LogP contribution in [0, 0.1) is 0 Å². The number of sulfonamides is 1. The van der Waals surface area contributed by atoms with Gasteiger partial charge in [-0.05, 0) is 23.7 Å². The first-order valence-electron chi connectivity index (χ1n) is 3.99. The maximum absolute atomic E-state index is 11.4. The molecule has 0 radical (unpaired) electrons. The molecule has 1 rings (SSSR count). The molecule has 10 heteroatoms. The lowest BCUT2D eigenvalue weighted by Gasteiger charge is -2.03. The third kappa shape index (κ3) is 3.10. The van der Waals surface area contributed by atoms with E-state index in [2.05, 4.69) is 9.43 Å². The monoisotopic (exact) mass is 295 g/mol. The molecular weight excluding hydrogens is 290 g/mol. The van der Waals surface area contributed by atoms with E-state index >= 15 is 0 Å². The minimum Gasteiger partial charge on any atom is -0.224 e. The molecule has 0 saturated carbocycles. The summed E-state index contributed by atoms with van der Waals surface area (Å²) in [6, 6.07) is 3.12. The zero-order valence-electron chi connectivity index (χ0n) is 8.40. The van der Waals surface area contributed by atoms with Crippen LogP contribution in [0.15, 0.2) is 32.5 Å². The first-order valence-corrected chi connectivity index (χ1v) is 7.70. The molecule has 0 fully saturated rings. The summed E-state index contributed by atoms with van der Waals surface area (Å²) in [7, 11) is -7.89. The van der Waals surface area contributed by atoms with Crippen molar-refractivity contribution in [1.82, 2.24) is 0 Å². The molecule has 0 N–H and O–H groups in total. The van der Waals surface area contributed by atoms with Crippen molar-refractivity contribution in [2.45, 2.75) is 9.79 Å². The Hall–Kier alpha value is -1.28. The highest BCUT2D eigenvalue weighted by atomic mass is 35.5. The molecule has 0 unspecified atom stereocenters. The average molecular weight is 296 g/mol. The molecule has 92 valence electrons. The largest absolute Gasteiger partial charge is 0.265 e. The van der Waals surface area contributed by atoms with Crippen LogP contribution in [0.1, 0.15) is 0 Å². The van der Waals surface area contributed by atoms with Crippen LogP contribution in [0.2, 0.25) is 5.02 Å². The van der Waals surface area contributed by atoms with Crippen molar-refractivity contribution in [1.29, 1.82) is 0 Å². The Bertz CT molecular complexity index is 705. The number of benzene rings is 1. The van der Waals surface area contributed by atoms with E-state index in [1.54, 1.807) is 0 Å². The summed E-state index contributed by atoms with van der Waals surface area (Å²) in [5.41, 5.74) is 8.10. The van der Waals surface area contributed by atoms with Crippen molar-refractivity contribution in [3.8, 4) is 0 Å². The fourth-order valence-electron chi connectivity index (χ4n) is 1.00. The van der Waals surface area contributed by atoms with Gasteiger partial charge in [0, 0.05) is 15.7 Å². The minimum absolute atomic E-state index is 0.218. The molecular formula is C7H6ClN3O4S2. The van der Waals surface area contributed by atoms with Crippen LogP contribution < -0.4 is 0 Å². The van der Waals surface area contributed by atoms with Crippen LogP contribution >= 0.6 is 11.6 Å². The molecule has 1 aromatic carbocycles. The fourth-order valence-corrected chi connectivity index (χ4v) is 2.91. The highest BCUT2D eigenvalue weighted by molar-refractivity contribution is 7.91. The zero-order valence-corrected chi connectivity index (χ0v) is 10.8. The third-order valence-electron chi connectivity index (χ3n) is 1.75. The maximum Gasteiger partial charge on any atom is 0.265 e. The Labute approximate surface area is 103 Å². The number of hydrogen-bond donors (Lipinski definition) is 0. The van der Waals surface area contributed by atoms with Crippen LogP contribution in [-0.4, -0.2) is 23.1 Å². The van der Waals surface area contributed by atoms with Gasteiger partial charge in [-0.2, -0.15) is 0 Å². The number of azide groups is 1. The molecule has 0 aliphatic carbocycles. The predicted molar refractivity (Wildman–Crippen MR) is 60.9 cm³/mol. The third-order valence-corrected chi connectivity index (χ3v) is 4.49. The van der Waals surface area contributed by atoms with Gasteiger partial charge in [-0.25, -0.2) is 16.8 Å². The molecule has 0 heterocycles. The van der Waals surface area contributed by atoms with Gasteiger partial charge in [-0.3, -0.25) is 0 Å². The van der Waals surface area contributed by atoms with Crippen molar-refractivity contribution in [3.05, 3.63) is 33.7 Å². The molecule has 0 aliphatic rings. The second kappa shape index (κ2) is 4.53. The first-order chi connectivity index (χ1) is 7.68. The molecule has 0 aliphatic heterocycles. The van der Waals surface area contributed by atoms with E-state index in [-0.39, 0.29) is 9.92 Å². The number of nitrogens with zero attached hydrogens (tertiary/aromatic N) is 3. The predicted octanol–water partition coefficient (Wildman–Crippen LogP) is 1.74. The summed E-state index contributed by atoms with van der Waals surface area (Å²) < 4.78 is 47.9.